The van der Waals surface area contributed by atoms with E-state index < -0.39 is 0 Å². The molecule has 1 aromatic heterocycles. The lowest BCUT2D eigenvalue weighted by Gasteiger charge is -2.28. The molecule has 1 saturated carbocycles. The number of carbonyl (C=O) groups excluding carboxylic acids is 1. The van der Waals surface area contributed by atoms with Gasteiger partial charge in [0.25, 0.3) is 0 Å². The van der Waals surface area contributed by atoms with E-state index in [2.05, 4.69) is 4.98 Å². The summed E-state index contributed by atoms with van der Waals surface area (Å²) in [6, 6.07) is 4.12. The Morgan fingerprint density at radius 1 is 1.32 bits per heavy atom. The van der Waals surface area contributed by atoms with Crippen molar-refractivity contribution in [3.63, 3.8) is 0 Å². The maximum Gasteiger partial charge on any atom is 0.248 e. The number of likely N-dealkylation sites (tertiary alicyclic amines) is 1. The quantitative estimate of drug-likeness (QED) is 0.769. The van der Waals surface area contributed by atoms with Crippen LogP contribution in [0.25, 0.3) is 0 Å². The van der Waals surface area contributed by atoms with Crippen molar-refractivity contribution in [1.29, 1.82) is 0 Å². The first-order valence-corrected chi connectivity index (χ1v) is 8.07. The number of methoxy groups -OCH3 is 1. The van der Waals surface area contributed by atoms with Crippen LogP contribution >= 0.6 is 0 Å². The van der Waals surface area contributed by atoms with E-state index in [-0.39, 0.29) is 24.7 Å². The molecular weight excluding hydrogens is 280 g/mol. The molecule has 0 N–H and O–H groups in total. The monoisotopic (exact) mass is 304 g/mol. The maximum absolute atomic E-state index is 12.3. The highest BCUT2D eigenvalue weighted by Gasteiger charge is 2.38. The van der Waals surface area contributed by atoms with Crippen molar-refractivity contribution in [3.8, 4) is 0 Å². The minimum atomic E-state index is 0.0547. The van der Waals surface area contributed by atoms with Gasteiger partial charge in [-0.2, -0.15) is 0 Å². The number of ether oxygens (including phenoxy) is 2. The van der Waals surface area contributed by atoms with Gasteiger partial charge < -0.3 is 14.4 Å². The van der Waals surface area contributed by atoms with Crippen LogP contribution in [0.3, 0.4) is 0 Å². The molecule has 120 valence electrons. The smallest absolute Gasteiger partial charge is 0.248 e. The Bertz CT molecular complexity index is 490. The predicted molar refractivity (Wildman–Crippen MR) is 82.4 cm³/mol. The van der Waals surface area contributed by atoms with Crippen LogP contribution in [0.2, 0.25) is 0 Å². The first kappa shape index (κ1) is 15.4. The molecule has 1 aromatic rings. The molecule has 22 heavy (non-hydrogen) atoms. The topological polar surface area (TPSA) is 51.7 Å². The first-order valence-electron chi connectivity index (χ1n) is 8.07. The van der Waals surface area contributed by atoms with Crippen molar-refractivity contribution >= 4 is 5.91 Å². The fourth-order valence-electron chi connectivity index (χ4n) is 3.08. The number of amides is 1. The minimum absolute atomic E-state index is 0.0547. The van der Waals surface area contributed by atoms with Gasteiger partial charge in [0, 0.05) is 32.7 Å². The minimum Gasteiger partial charge on any atom is -0.376 e. The number of nitrogens with zero attached hydrogens (tertiary/aromatic N) is 2. The Hall–Kier alpha value is -1.46. The molecule has 1 amide bonds. The second-order valence-corrected chi connectivity index (χ2v) is 6.25. The van der Waals surface area contributed by atoms with Crippen LogP contribution in [-0.2, 0) is 20.7 Å². The van der Waals surface area contributed by atoms with Crippen molar-refractivity contribution in [2.45, 2.75) is 37.8 Å². The lowest BCUT2D eigenvalue weighted by molar-refractivity contribution is -0.137. The van der Waals surface area contributed by atoms with Crippen molar-refractivity contribution in [3.05, 3.63) is 30.1 Å². The molecule has 2 heterocycles. The SMILES string of the molecule is COCC(=O)N1CC[C@@H](OCC2CC2)[C@H]1Cc1ccncc1. The summed E-state index contributed by atoms with van der Waals surface area (Å²) in [6.45, 7) is 1.74. The van der Waals surface area contributed by atoms with Crippen LogP contribution in [0.1, 0.15) is 24.8 Å². The van der Waals surface area contributed by atoms with Gasteiger partial charge in [-0.05, 0) is 49.3 Å². The van der Waals surface area contributed by atoms with Crippen molar-refractivity contribution in [1.82, 2.24) is 9.88 Å². The summed E-state index contributed by atoms with van der Waals surface area (Å²) in [6.07, 6.45) is 8.03. The van der Waals surface area contributed by atoms with E-state index in [1.807, 2.05) is 17.0 Å². The molecule has 1 aliphatic heterocycles. The molecule has 0 bridgehead atoms. The molecule has 1 aliphatic carbocycles. The molecule has 2 atom stereocenters. The summed E-state index contributed by atoms with van der Waals surface area (Å²) < 4.78 is 11.1. The third kappa shape index (κ3) is 3.84. The van der Waals surface area contributed by atoms with Crippen molar-refractivity contribution < 1.29 is 14.3 Å². The van der Waals surface area contributed by atoms with Crippen LogP contribution in [0, 0.1) is 5.92 Å². The summed E-state index contributed by atoms with van der Waals surface area (Å²) in [5, 5.41) is 0. The van der Waals surface area contributed by atoms with E-state index in [1.54, 1.807) is 19.5 Å². The molecule has 0 unspecified atom stereocenters. The van der Waals surface area contributed by atoms with Gasteiger partial charge in [0.05, 0.1) is 12.1 Å². The molecule has 3 rings (SSSR count). The van der Waals surface area contributed by atoms with E-state index in [4.69, 9.17) is 9.47 Å². The summed E-state index contributed by atoms with van der Waals surface area (Å²) in [4.78, 5) is 18.3. The Balaban J connectivity index is 1.67. The average molecular weight is 304 g/mol. The molecule has 2 aliphatic rings. The van der Waals surface area contributed by atoms with Gasteiger partial charge in [0.2, 0.25) is 5.91 Å². The summed E-state index contributed by atoms with van der Waals surface area (Å²) in [5.41, 5.74) is 1.19. The highest BCUT2D eigenvalue weighted by atomic mass is 16.5. The molecule has 0 spiro atoms. The van der Waals surface area contributed by atoms with Crippen LogP contribution in [0.15, 0.2) is 24.5 Å². The predicted octanol–water partition coefficient (Wildman–Crippen LogP) is 1.67. The van der Waals surface area contributed by atoms with Crippen LogP contribution in [0.5, 0.6) is 0 Å². The number of carbonyl (C=O) groups is 1. The van der Waals surface area contributed by atoms with Crippen molar-refractivity contribution in [2.75, 3.05) is 26.9 Å². The van der Waals surface area contributed by atoms with E-state index in [0.717, 1.165) is 31.9 Å². The Morgan fingerprint density at radius 2 is 2.09 bits per heavy atom. The molecule has 1 saturated heterocycles. The maximum atomic E-state index is 12.3. The van der Waals surface area contributed by atoms with Crippen LogP contribution < -0.4 is 0 Å². The first-order chi connectivity index (χ1) is 10.8. The second-order valence-electron chi connectivity index (χ2n) is 6.25. The highest BCUT2D eigenvalue weighted by molar-refractivity contribution is 5.78. The zero-order valence-corrected chi connectivity index (χ0v) is 13.1. The van der Waals surface area contributed by atoms with E-state index in [0.29, 0.717) is 0 Å². The Morgan fingerprint density at radius 3 is 2.77 bits per heavy atom. The van der Waals surface area contributed by atoms with Gasteiger partial charge in [0.15, 0.2) is 0 Å². The summed E-state index contributed by atoms with van der Waals surface area (Å²) in [5.74, 6) is 0.796. The molecule has 5 nitrogen and oxygen atoms in total. The number of aromatic nitrogens is 1. The van der Waals surface area contributed by atoms with E-state index >= 15 is 0 Å². The zero-order valence-electron chi connectivity index (χ0n) is 13.1. The Labute approximate surface area is 131 Å². The summed E-state index contributed by atoms with van der Waals surface area (Å²) in [7, 11) is 1.56. The van der Waals surface area contributed by atoms with Gasteiger partial charge >= 0.3 is 0 Å². The third-order valence-corrected chi connectivity index (χ3v) is 4.51. The normalized spacial score (nSPS) is 24.7. The number of rotatable bonds is 7. The van der Waals surface area contributed by atoms with Gasteiger partial charge in [-0.3, -0.25) is 9.78 Å². The largest absolute Gasteiger partial charge is 0.376 e. The van der Waals surface area contributed by atoms with Crippen molar-refractivity contribution in [2.24, 2.45) is 5.92 Å². The third-order valence-electron chi connectivity index (χ3n) is 4.51. The number of hydrogen-bond donors (Lipinski definition) is 0. The van der Waals surface area contributed by atoms with Gasteiger partial charge in [-0.15, -0.1) is 0 Å². The number of hydrogen-bond acceptors (Lipinski definition) is 4. The molecular formula is C17H24N2O3. The molecule has 2 fully saturated rings. The highest BCUT2D eigenvalue weighted by Crippen LogP contribution is 2.31. The number of pyridine rings is 1. The van der Waals surface area contributed by atoms with Gasteiger partial charge in [0.1, 0.15) is 6.61 Å². The van der Waals surface area contributed by atoms with Gasteiger partial charge in [-0.1, -0.05) is 0 Å². The standard InChI is InChI=1S/C17H24N2O3/c1-21-12-17(20)19-9-6-16(22-11-14-2-3-14)15(19)10-13-4-7-18-8-5-13/h4-5,7-8,14-16H,2-3,6,9-12H2,1H3/t15-,16-/m1/s1. The second kappa shape index (κ2) is 7.20. The van der Waals surface area contributed by atoms with Gasteiger partial charge in [-0.25, -0.2) is 0 Å². The Kier molecular flexibility index (Phi) is 5.05. The van der Waals surface area contributed by atoms with Crippen LogP contribution in [-0.4, -0.2) is 54.8 Å². The van der Waals surface area contributed by atoms with E-state index in [9.17, 15) is 4.79 Å². The molecule has 5 heteroatoms. The fraction of sp³-hybridized carbons (Fsp3) is 0.647. The lowest BCUT2D eigenvalue weighted by Crippen LogP contribution is -2.43. The molecule has 0 radical (unpaired) electrons. The summed E-state index contributed by atoms with van der Waals surface area (Å²) >= 11 is 0. The fourth-order valence-corrected chi connectivity index (χ4v) is 3.08. The zero-order chi connectivity index (χ0) is 15.4. The molecule has 0 aromatic carbocycles. The average Bonchev–Trinajstić information content (AvgIpc) is 3.28. The lowest BCUT2D eigenvalue weighted by atomic mass is 10.0. The van der Waals surface area contributed by atoms with E-state index in [1.165, 1.54) is 18.4 Å². The van der Waals surface area contributed by atoms with Crippen LogP contribution in [0.4, 0.5) is 0 Å².